The van der Waals surface area contributed by atoms with Crippen LogP contribution in [0.3, 0.4) is 0 Å². The number of benzene rings is 1. The molecular formula is C18H27NO. The topological polar surface area (TPSA) is 21.3 Å². The Morgan fingerprint density at radius 3 is 2.45 bits per heavy atom. The molecule has 3 rings (SSSR count). The molecule has 1 aromatic carbocycles. The van der Waals surface area contributed by atoms with Crippen LogP contribution in [-0.2, 0) is 0 Å². The fourth-order valence-corrected chi connectivity index (χ4v) is 2.99. The summed E-state index contributed by atoms with van der Waals surface area (Å²) < 4.78 is 5.89. The summed E-state index contributed by atoms with van der Waals surface area (Å²) in [7, 11) is 0. The zero-order valence-electron chi connectivity index (χ0n) is 12.8. The zero-order valence-corrected chi connectivity index (χ0v) is 12.8. The van der Waals surface area contributed by atoms with Crippen molar-refractivity contribution in [2.24, 2.45) is 11.8 Å². The Labute approximate surface area is 122 Å². The van der Waals surface area contributed by atoms with Gasteiger partial charge >= 0.3 is 0 Å². The summed E-state index contributed by atoms with van der Waals surface area (Å²) in [5.74, 6) is 3.50. The highest BCUT2D eigenvalue weighted by Gasteiger charge is 2.40. The lowest BCUT2D eigenvalue weighted by atomic mass is 10.0. The number of ether oxygens (including phenoxy) is 1. The lowest BCUT2D eigenvalue weighted by Crippen LogP contribution is -2.36. The van der Waals surface area contributed by atoms with Crippen LogP contribution in [0.2, 0.25) is 0 Å². The summed E-state index contributed by atoms with van der Waals surface area (Å²) in [5, 5.41) is 3.73. The first kappa shape index (κ1) is 13.9. The molecule has 0 atom stereocenters. The van der Waals surface area contributed by atoms with E-state index < -0.39 is 0 Å². The summed E-state index contributed by atoms with van der Waals surface area (Å²) in [6.45, 7) is 6.19. The number of hydrogen-bond acceptors (Lipinski definition) is 2. The highest BCUT2D eigenvalue weighted by atomic mass is 16.5. The molecule has 1 aromatic rings. The third-order valence-electron chi connectivity index (χ3n) is 4.54. The van der Waals surface area contributed by atoms with Gasteiger partial charge in [-0.15, -0.1) is 0 Å². The Balaban J connectivity index is 1.41. The molecule has 2 aliphatic rings. The Morgan fingerprint density at radius 2 is 1.85 bits per heavy atom. The average Bonchev–Trinajstić information content (AvgIpc) is 3.32. The number of hydrogen-bond donors (Lipinski definition) is 1. The van der Waals surface area contributed by atoms with Gasteiger partial charge in [-0.2, -0.15) is 0 Å². The average molecular weight is 273 g/mol. The first-order valence-electron chi connectivity index (χ1n) is 8.20. The quantitative estimate of drug-likeness (QED) is 0.724. The summed E-state index contributed by atoms with van der Waals surface area (Å²) in [4.78, 5) is 0. The minimum absolute atomic E-state index is 0.561. The largest absolute Gasteiger partial charge is 0.492 e. The van der Waals surface area contributed by atoms with E-state index in [1.807, 2.05) is 0 Å². The van der Waals surface area contributed by atoms with E-state index in [0.29, 0.717) is 5.92 Å². The van der Waals surface area contributed by atoms with Crippen LogP contribution in [0.15, 0.2) is 24.3 Å². The monoisotopic (exact) mass is 273 g/mol. The van der Waals surface area contributed by atoms with Crippen molar-refractivity contribution >= 4 is 0 Å². The maximum Gasteiger partial charge on any atom is 0.119 e. The Morgan fingerprint density at radius 1 is 1.15 bits per heavy atom. The van der Waals surface area contributed by atoms with E-state index in [4.69, 9.17) is 4.74 Å². The molecule has 110 valence electrons. The van der Waals surface area contributed by atoms with Crippen molar-refractivity contribution in [1.82, 2.24) is 5.32 Å². The third kappa shape index (κ3) is 3.76. The molecule has 0 aromatic heterocycles. The van der Waals surface area contributed by atoms with Crippen molar-refractivity contribution in [3.05, 3.63) is 29.8 Å². The third-order valence-corrected chi connectivity index (χ3v) is 4.54. The first-order chi connectivity index (χ1) is 9.74. The molecule has 2 heteroatoms. The van der Waals surface area contributed by atoms with Crippen molar-refractivity contribution in [2.75, 3.05) is 13.2 Å². The van der Waals surface area contributed by atoms with E-state index in [1.54, 1.807) is 0 Å². The van der Waals surface area contributed by atoms with Crippen LogP contribution in [0.1, 0.15) is 51.0 Å². The summed E-state index contributed by atoms with van der Waals surface area (Å²) in [5.41, 5.74) is 1.35. The van der Waals surface area contributed by atoms with Crippen molar-refractivity contribution < 1.29 is 4.74 Å². The molecular weight excluding hydrogens is 246 g/mol. The van der Waals surface area contributed by atoms with Gasteiger partial charge in [0.25, 0.3) is 0 Å². The smallest absolute Gasteiger partial charge is 0.119 e. The van der Waals surface area contributed by atoms with Gasteiger partial charge < -0.3 is 10.1 Å². The highest BCUT2D eigenvalue weighted by Crippen LogP contribution is 2.44. The van der Waals surface area contributed by atoms with Gasteiger partial charge in [0.15, 0.2) is 0 Å². The second-order valence-corrected chi connectivity index (χ2v) is 6.73. The molecule has 2 nitrogen and oxygen atoms in total. The molecule has 0 radical (unpaired) electrons. The maximum atomic E-state index is 5.89. The van der Waals surface area contributed by atoms with Crippen LogP contribution >= 0.6 is 0 Å². The van der Waals surface area contributed by atoms with Crippen LogP contribution in [0.25, 0.3) is 0 Å². The molecule has 1 N–H and O–H groups in total. The van der Waals surface area contributed by atoms with Crippen molar-refractivity contribution in [2.45, 2.75) is 51.5 Å². The van der Waals surface area contributed by atoms with Crippen molar-refractivity contribution in [3.63, 3.8) is 0 Å². The standard InChI is InChI=1S/C18H27NO/c1-13(2)16-4-3-5-17(12-16)20-11-10-19-18(14-6-7-14)15-8-9-15/h3-5,12-15,18-19H,6-11H2,1-2H3. The molecule has 20 heavy (non-hydrogen) atoms. The molecule has 0 spiro atoms. The minimum Gasteiger partial charge on any atom is -0.492 e. The molecule has 2 fully saturated rings. The molecule has 0 heterocycles. The van der Waals surface area contributed by atoms with E-state index in [2.05, 4.69) is 43.4 Å². The predicted octanol–water partition coefficient (Wildman–Crippen LogP) is 3.97. The van der Waals surface area contributed by atoms with E-state index >= 15 is 0 Å². The van der Waals surface area contributed by atoms with Crippen LogP contribution in [-0.4, -0.2) is 19.2 Å². The second kappa shape index (κ2) is 6.17. The van der Waals surface area contributed by atoms with Crippen LogP contribution < -0.4 is 10.1 Å². The first-order valence-corrected chi connectivity index (χ1v) is 8.20. The zero-order chi connectivity index (χ0) is 13.9. The van der Waals surface area contributed by atoms with E-state index in [0.717, 1.165) is 36.8 Å². The predicted molar refractivity (Wildman–Crippen MR) is 83.3 cm³/mol. The van der Waals surface area contributed by atoms with E-state index in [-0.39, 0.29) is 0 Å². The number of rotatable bonds is 8. The summed E-state index contributed by atoms with van der Waals surface area (Å²) in [6.07, 6.45) is 5.74. The van der Waals surface area contributed by atoms with Crippen molar-refractivity contribution in [1.29, 1.82) is 0 Å². The molecule has 2 saturated carbocycles. The lowest BCUT2D eigenvalue weighted by molar-refractivity contribution is 0.293. The molecule has 0 bridgehead atoms. The van der Waals surface area contributed by atoms with Gasteiger partial charge in [-0.05, 0) is 61.1 Å². The Kier molecular flexibility index (Phi) is 4.30. The highest BCUT2D eigenvalue weighted by molar-refractivity contribution is 5.30. The summed E-state index contributed by atoms with van der Waals surface area (Å²) in [6, 6.07) is 9.27. The van der Waals surface area contributed by atoms with Gasteiger partial charge in [0, 0.05) is 12.6 Å². The molecule has 0 saturated heterocycles. The fourth-order valence-electron chi connectivity index (χ4n) is 2.99. The molecule has 0 unspecified atom stereocenters. The maximum absolute atomic E-state index is 5.89. The van der Waals surface area contributed by atoms with Gasteiger partial charge in [-0.3, -0.25) is 0 Å². The SMILES string of the molecule is CC(C)c1cccc(OCCNC(C2CC2)C2CC2)c1. The van der Waals surface area contributed by atoms with E-state index in [9.17, 15) is 0 Å². The lowest BCUT2D eigenvalue weighted by Gasteiger charge is -2.18. The molecule has 0 amide bonds. The fraction of sp³-hybridized carbons (Fsp3) is 0.667. The second-order valence-electron chi connectivity index (χ2n) is 6.73. The van der Waals surface area contributed by atoms with Gasteiger partial charge in [-0.1, -0.05) is 26.0 Å². The Hall–Kier alpha value is -1.02. The Bertz CT molecular complexity index is 423. The minimum atomic E-state index is 0.561. The summed E-state index contributed by atoms with van der Waals surface area (Å²) >= 11 is 0. The molecule has 0 aliphatic heterocycles. The van der Waals surface area contributed by atoms with E-state index in [1.165, 1.54) is 31.2 Å². The van der Waals surface area contributed by atoms with Gasteiger partial charge in [0.2, 0.25) is 0 Å². The molecule has 2 aliphatic carbocycles. The van der Waals surface area contributed by atoms with Gasteiger partial charge in [-0.25, -0.2) is 0 Å². The van der Waals surface area contributed by atoms with Crippen LogP contribution in [0, 0.1) is 11.8 Å². The van der Waals surface area contributed by atoms with Crippen LogP contribution in [0.4, 0.5) is 0 Å². The number of nitrogens with one attached hydrogen (secondary N) is 1. The van der Waals surface area contributed by atoms with Gasteiger partial charge in [0.1, 0.15) is 12.4 Å². The normalized spacial score (nSPS) is 18.8. The van der Waals surface area contributed by atoms with Gasteiger partial charge in [0.05, 0.1) is 0 Å². The van der Waals surface area contributed by atoms with Crippen molar-refractivity contribution in [3.8, 4) is 5.75 Å². The van der Waals surface area contributed by atoms with Crippen LogP contribution in [0.5, 0.6) is 5.75 Å².